The van der Waals surface area contributed by atoms with E-state index in [2.05, 4.69) is 74.2 Å². The standard InChI is InChI=1S/C26H31N7/c1-19(2)33-25-23(31-26(33)30-21-11-7-4-8-12-21)24(27-18-28-25)29-22-13-15-32(16-14-22)17-20-9-5-3-6-10-20/h3-12,18-19,22H,13-17H2,1-2H3,(H,30,31)(H,27,28,29). The highest BCUT2D eigenvalue weighted by Gasteiger charge is 2.23. The molecule has 33 heavy (non-hydrogen) atoms. The lowest BCUT2D eigenvalue weighted by molar-refractivity contribution is 0.211. The van der Waals surface area contributed by atoms with Gasteiger partial charge in [-0.3, -0.25) is 9.47 Å². The van der Waals surface area contributed by atoms with Crippen LogP contribution in [0.25, 0.3) is 11.2 Å². The number of aromatic nitrogens is 4. The van der Waals surface area contributed by atoms with Crippen LogP contribution in [0.1, 0.15) is 38.3 Å². The molecule has 1 fully saturated rings. The summed E-state index contributed by atoms with van der Waals surface area (Å²) in [6.07, 6.45) is 3.80. The van der Waals surface area contributed by atoms with Crippen LogP contribution in [0.3, 0.4) is 0 Å². The molecule has 2 aromatic carbocycles. The quantitative estimate of drug-likeness (QED) is 0.409. The van der Waals surface area contributed by atoms with Gasteiger partial charge in [-0.2, -0.15) is 0 Å². The van der Waals surface area contributed by atoms with Crippen LogP contribution in [0.5, 0.6) is 0 Å². The third-order valence-electron chi connectivity index (χ3n) is 6.20. The summed E-state index contributed by atoms with van der Waals surface area (Å²) in [5.74, 6) is 1.60. The number of likely N-dealkylation sites (tertiary alicyclic amines) is 1. The number of nitrogens with one attached hydrogen (secondary N) is 2. The van der Waals surface area contributed by atoms with Gasteiger partial charge in [-0.15, -0.1) is 0 Å². The van der Waals surface area contributed by atoms with Gasteiger partial charge < -0.3 is 10.6 Å². The topological polar surface area (TPSA) is 70.9 Å². The smallest absolute Gasteiger partial charge is 0.210 e. The van der Waals surface area contributed by atoms with Crippen LogP contribution in [-0.2, 0) is 6.54 Å². The number of piperidine rings is 1. The van der Waals surface area contributed by atoms with Gasteiger partial charge in [-0.05, 0) is 44.4 Å². The molecular weight excluding hydrogens is 410 g/mol. The largest absolute Gasteiger partial charge is 0.365 e. The van der Waals surface area contributed by atoms with Crippen molar-refractivity contribution in [2.75, 3.05) is 23.7 Å². The number of hydrogen-bond donors (Lipinski definition) is 2. The SMILES string of the molecule is CC(C)n1c(Nc2ccccc2)nc2c(NC3CCN(Cc4ccccc4)CC3)ncnc21. The fourth-order valence-corrected chi connectivity index (χ4v) is 4.51. The number of rotatable bonds is 7. The fraction of sp³-hybridized carbons (Fsp3) is 0.346. The molecule has 0 saturated carbocycles. The molecular formula is C26H31N7. The molecule has 2 N–H and O–H groups in total. The molecule has 0 radical (unpaired) electrons. The van der Waals surface area contributed by atoms with Crippen LogP contribution < -0.4 is 10.6 Å². The Hall–Kier alpha value is -3.45. The van der Waals surface area contributed by atoms with Gasteiger partial charge in [0, 0.05) is 37.4 Å². The Morgan fingerprint density at radius 2 is 1.64 bits per heavy atom. The molecule has 4 aromatic rings. The van der Waals surface area contributed by atoms with Gasteiger partial charge >= 0.3 is 0 Å². The van der Waals surface area contributed by atoms with Gasteiger partial charge in [0.25, 0.3) is 0 Å². The third-order valence-corrected chi connectivity index (χ3v) is 6.20. The second-order valence-electron chi connectivity index (χ2n) is 8.97. The van der Waals surface area contributed by atoms with E-state index in [-0.39, 0.29) is 6.04 Å². The number of hydrogen-bond acceptors (Lipinski definition) is 6. The van der Waals surface area contributed by atoms with Gasteiger partial charge in [-0.25, -0.2) is 15.0 Å². The van der Waals surface area contributed by atoms with Crippen LogP contribution in [0, 0.1) is 0 Å². The van der Waals surface area contributed by atoms with Crippen molar-refractivity contribution < 1.29 is 0 Å². The van der Waals surface area contributed by atoms with Gasteiger partial charge in [0.15, 0.2) is 17.0 Å². The Morgan fingerprint density at radius 1 is 0.939 bits per heavy atom. The Balaban J connectivity index is 1.32. The van der Waals surface area contributed by atoms with Crippen molar-refractivity contribution in [1.82, 2.24) is 24.4 Å². The van der Waals surface area contributed by atoms with E-state index in [1.165, 1.54) is 5.56 Å². The van der Waals surface area contributed by atoms with E-state index >= 15 is 0 Å². The Bertz CT molecular complexity index is 1180. The van der Waals surface area contributed by atoms with Gasteiger partial charge in [0.1, 0.15) is 6.33 Å². The number of imidazole rings is 1. The van der Waals surface area contributed by atoms with Gasteiger partial charge in [-0.1, -0.05) is 48.5 Å². The van der Waals surface area contributed by atoms with Crippen molar-refractivity contribution in [1.29, 1.82) is 0 Å². The lowest BCUT2D eigenvalue weighted by Gasteiger charge is -2.32. The molecule has 3 heterocycles. The summed E-state index contributed by atoms with van der Waals surface area (Å²) in [6.45, 7) is 7.45. The first-order valence-electron chi connectivity index (χ1n) is 11.7. The molecule has 2 aromatic heterocycles. The molecule has 7 nitrogen and oxygen atoms in total. The van der Waals surface area contributed by atoms with Gasteiger partial charge in [0.05, 0.1) is 0 Å². The summed E-state index contributed by atoms with van der Waals surface area (Å²) in [5, 5.41) is 7.12. The molecule has 1 aliphatic rings. The maximum Gasteiger partial charge on any atom is 0.210 e. The van der Waals surface area contributed by atoms with Crippen molar-refractivity contribution in [3.05, 3.63) is 72.6 Å². The highest BCUT2D eigenvalue weighted by molar-refractivity contribution is 5.86. The number of nitrogens with zero attached hydrogens (tertiary/aromatic N) is 5. The summed E-state index contributed by atoms with van der Waals surface area (Å²) in [6, 6.07) is 21.4. The van der Waals surface area contributed by atoms with Crippen molar-refractivity contribution in [3.63, 3.8) is 0 Å². The first-order chi connectivity index (χ1) is 16.2. The summed E-state index contributed by atoms with van der Waals surface area (Å²) < 4.78 is 2.14. The van der Waals surface area contributed by atoms with Crippen LogP contribution in [0.4, 0.5) is 17.5 Å². The van der Waals surface area contributed by atoms with Gasteiger partial charge in [0.2, 0.25) is 5.95 Å². The van der Waals surface area contributed by atoms with E-state index in [4.69, 9.17) is 4.98 Å². The third kappa shape index (κ3) is 4.83. The number of para-hydroxylation sites is 1. The molecule has 1 saturated heterocycles. The predicted octanol–water partition coefficient (Wildman–Crippen LogP) is 5.23. The molecule has 7 heteroatoms. The maximum absolute atomic E-state index is 4.92. The first-order valence-corrected chi connectivity index (χ1v) is 11.7. The van der Waals surface area contributed by atoms with Crippen molar-refractivity contribution in [3.8, 4) is 0 Å². The minimum Gasteiger partial charge on any atom is -0.365 e. The second kappa shape index (κ2) is 9.58. The lowest BCUT2D eigenvalue weighted by Crippen LogP contribution is -2.38. The maximum atomic E-state index is 4.92. The zero-order chi connectivity index (χ0) is 22.6. The summed E-state index contributed by atoms with van der Waals surface area (Å²) in [7, 11) is 0. The fourth-order valence-electron chi connectivity index (χ4n) is 4.51. The average molecular weight is 442 g/mol. The van der Waals surface area contributed by atoms with E-state index in [0.717, 1.165) is 61.1 Å². The number of benzene rings is 2. The molecule has 0 aliphatic carbocycles. The summed E-state index contributed by atoms with van der Waals surface area (Å²) in [4.78, 5) is 16.6. The number of anilines is 3. The normalized spacial score (nSPS) is 15.2. The summed E-state index contributed by atoms with van der Waals surface area (Å²) >= 11 is 0. The van der Waals surface area contributed by atoms with Crippen LogP contribution in [0.2, 0.25) is 0 Å². The molecule has 0 bridgehead atoms. The minimum absolute atomic E-state index is 0.213. The molecule has 0 atom stereocenters. The molecule has 0 amide bonds. The minimum atomic E-state index is 0.213. The zero-order valence-electron chi connectivity index (χ0n) is 19.3. The van der Waals surface area contributed by atoms with E-state index in [1.807, 2.05) is 30.3 Å². The first kappa shape index (κ1) is 21.4. The van der Waals surface area contributed by atoms with E-state index in [1.54, 1.807) is 6.33 Å². The van der Waals surface area contributed by atoms with E-state index in [0.29, 0.717) is 6.04 Å². The molecule has 5 rings (SSSR count). The lowest BCUT2D eigenvalue weighted by atomic mass is 10.0. The predicted molar refractivity (Wildman–Crippen MR) is 134 cm³/mol. The molecule has 170 valence electrons. The van der Waals surface area contributed by atoms with E-state index in [9.17, 15) is 0 Å². The molecule has 1 aliphatic heterocycles. The molecule has 0 unspecified atom stereocenters. The summed E-state index contributed by atoms with van der Waals surface area (Å²) in [5.41, 5.74) is 4.04. The Morgan fingerprint density at radius 3 is 2.33 bits per heavy atom. The highest BCUT2D eigenvalue weighted by atomic mass is 15.3. The number of fused-ring (bicyclic) bond motifs is 1. The van der Waals surface area contributed by atoms with Crippen LogP contribution in [0.15, 0.2) is 67.0 Å². The van der Waals surface area contributed by atoms with E-state index < -0.39 is 0 Å². The van der Waals surface area contributed by atoms with Crippen molar-refractivity contribution in [2.24, 2.45) is 0 Å². The van der Waals surface area contributed by atoms with Crippen LogP contribution >= 0.6 is 0 Å². The van der Waals surface area contributed by atoms with Crippen LogP contribution in [-0.4, -0.2) is 43.6 Å². The van der Waals surface area contributed by atoms with Crippen molar-refractivity contribution >= 4 is 28.6 Å². The Labute approximate surface area is 194 Å². The second-order valence-corrected chi connectivity index (χ2v) is 8.97. The molecule has 0 spiro atoms. The highest BCUT2D eigenvalue weighted by Crippen LogP contribution is 2.29. The Kier molecular flexibility index (Phi) is 6.21. The monoisotopic (exact) mass is 441 g/mol. The average Bonchev–Trinajstić information content (AvgIpc) is 3.21. The zero-order valence-corrected chi connectivity index (χ0v) is 19.3. The van der Waals surface area contributed by atoms with Crippen molar-refractivity contribution in [2.45, 2.75) is 45.3 Å².